The van der Waals surface area contributed by atoms with Gasteiger partial charge in [0.05, 0.1) is 36.9 Å². The number of esters is 3. The van der Waals surface area contributed by atoms with Gasteiger partial charge in [-0.3, -0.25) is 14.4 Å². The van der Waals surface area contributed by atoms with Gasteiger partial charge in [0.15, 0.2) is 17.6 Å². The Morgan fingerprint density at radius 3 is 2.67 bits per heavy atom. The highest BCUT2D eigenvalue weighted by atomic mass is 16.6. The van der Waals surface area contributed by atoms with Gasteiger partial charge in [0.2, 0.25) is 6.10 Å². The van der Waals surface area contributed by atoms with Crippen molar-refractivity contribution < 1.29 is 53.4 Å². The van der Waals surface area contributed by atoms with E-state index < -0.39 is 66.4 Å². The van der Waals surface area contributed by atoms with Crippen molar-refractivity contribution in [2.75, 3.05) is 6.61 Å². The highest BCUT2D eigenvalue weighted by Crippen LogP contribution is 2.68. The van der Waals surface area contributed by atoms with E-state index >= 15 is 0 Å². The minimum absolute atomic E-state index is 0.0411. The first-order valence-corrected chi connectivity index (χ1v) is 13.2. The van der Waals surface area contributed by atoms with Gasteiger partial charge < -0.3 is 34.3 Å². The third-order valence-electron chi connectivity index (χ3n) is 8.69. The predicted octanol–water partition coefficient (Wildman–Crippen LogP) is 2.28. The Bertz CT molecular complexity index is 1250. The third-order valence-corrected chi connectivity index (χ3v) is 8.69. The second-order valence-corrected chi connectivity index (χ2v) is 10.8. The molecular formula is C28H32O11. The number of rotatable bonds is 9. The second kappa shape index (κ2) is 9.86. The molecule has 1 unspecified atom stereocenters. The van der Waals surface area contributed by atoms with Crippen molar-refractivity contribution in [2.45, 2.75) is 82.0 Å². The quantitative estimate of drug-likeness (QED) is 0.308. The lowest BCUT2D eigenvalue weighted by atomic mass is 9.45. The van der Waals surface area contributed by atoms with Crippen LogP contribution in [0.5, 0.6) is 11.5 Å². The number of phenols is 1. The molecule has 1 fully saturated rings. The molecule has 2 bridgehead atoms. The summed E-state index contributed by atoms with van der Waals surface area (Å²) in [4.78, 5) is 48.5. The lowest BCUT2D eigenvalue weighted by Gasteiger charge is -2.61. The summed E-state index contributed by atoms with van der Waals surface area (Å²) in [7, 11) is 0. The smallest absolute Gasteiger partial charge is 0.353 e. The molecule has 39 heavy (non-hydrogen) atoms. The molecule has 0 amide bonds. The minimum atomic E-state index is -1.68. The molecule has 3 N–H and O–H groups in total. The van der Waals surface area contributed by atoms with Crippen LogP contribution >= 0.6 is 0 Å². The Kier molecular flexibility index (Phi) is 6.82. The van der Waals surface area contributed by atoms with Crippen molar-refractivity contribution in [2.24, 2.45) is 11.8 Å². The van der Waals surface area contributed by atoms with E-state index in [2.05, 4.69) is 6.92 Å². The first kappa shape index (κ1) is 27.0. The molecule has 11 nitrogen and oxygen atoms in total. The molecule has 6 atom stereocenters. The number of phenolic OH excluding ortho intramolecular Hbond substituents is 1. The normalized spacial score (nSPS) is 30.2. The van der Waals surface area contributed by atoms with Gasteiger partial charge in [0.1, 0.15) is 5.76 Å². The van der Waals surface area contributed by atoms with E-state index in [0.717, 1.165) is 17.5 Å². The molecule has 11 heteroatoms. The molecule has 210 valence electrons. The highest BCUT2D eigenvalue weighted by Gasteiger charge is 2.72. The summed E-state index contributed by atoms with van der Waals surface area (Å²) < 4.78 is 22.0. The van der Waals surface area contributed by atoms with Crippen LogP contribution < -0.4 is 4.74 Å². The van der Waals surface area contributed by atoms with Crippen LogP contribution in [0.1, 0.15) is 63.5 Å². The van der Waals surface area contributed by atoms with E-state index in [4.69, 9.17) is 24.1 Å². The van der Waals surface area contributed by atoms with Crippen molar-refractivity contribution in [1.82, 2.24) is 0 Å². The van der Waals surface area contributed by atoms with E-state index in [1.165, 1.54) is 0 Å². The summed E-state index contributed by atoms with van der Waals surface area (Å²) in [6, 6.07) is 3.41. The summed E-state index contributed by atoms with van der Waals surface area (Å²) in [6.45, 7) is 3.74. The van der Waals surface area contributed by atoms with Gasteiger partial charge in [0.25, 0.3) is 0 Å². The van der Waals surface area contributed by atoms with Crippen LogP contribution in [0.2, 0.25) is 0 Å². The number of carbonyl (C=O) groups excluding carboxylic acids is 3. The standard InChI is InChI=1S/C28H32O11/c1-3-36-22(33)13-19(37-21(32)7-6-20(30)31)26(34)38-18-9-11-28(35)16-12-15-4-5-17(29)24-23(15)27(28,25(18)39-24)10-8-14(16)2/h4-5,9,14,16,19,25,29,35H,3,6-8,10-13H2,1-2H3,(H,30,31)/t14?,16-,19-,25-,27-,28+/m0/s1. The summed E-state index contributed by atoms with van der Waals surface area (Å²) in [5, 5.41) is 31.7. The molecule has 0 saturated heterocycles. The lowest BCUT2D eigenvalue weighted by Crippen LogP contribution is -2.69. The van der Waals surface area contributed by atoms with Crippen LogP contribution in [0.3, 0.4) is 0 Å². The Morgan fingerprint density at radius 2 is 1.95 bits per heavy atom. The van der Waals surface area contributed by atoms with Gasteiger partial charge >= 0.3 is 23.9 Å². The number of carboxylic acid groups (broad SMARTS) is 1. The molecule has 1 aromatic rings. The number of hydrogen-bond acceptors (Lipinski definition) is 10. The number of aliphatic carboxylic acids is 1. The fourth-order valence-corrected chi connectivity index (χ4v) is 6.97. The van der Waals surface area contributed by atoms with E-state index in [0.29, 0.717) is 12.8 Å². The van der Waals surface area contributed by atoms with E-state index in [1.807, 2.05) is 6.07 Å². The molecule has 1 aliphatic heterocycles. The van der Waals surface area contributed by atoms with Gasteiger partial charge in [-0.1, -0.05) is 13.0 Å². The Labute approximate surface area is 224 Å². The molecule has 1 spiro atoms. The number of benzene rings is 1. The van der Waals surface area contributed by atoms with E-state index in [9.17, 15) is 29.4 Å². The molecular weight excluding hydrogens is 512 g/mol. The average molecular weight is 545 g/mol. The Balaban J connectivity index is 1.45. The summed E-state index contributed by atoms with van der Waals surface area (Å²) in [6.07, 6.45) is -0.483. The zero-order valence-corrected chi connectivity index (χ0v) is 21.8. The van der Waals surface area contributed by atoms with Gasteiger partial charge in [-0.15, -0.1) is 0 Å². The average Bonchev–Trinajstić information content (AvgIpc) is 3.24. The first-order valence-electron chi connectivity index (χ1n) is 13.2. The molecule has 1 aromatic carbocycles. The Hall–Kier alpha value is -3.60. The number of carboxylic acids is 1. The lowest BCUT2D eigenvalue weighted by molar-refractivity contribution is -0.179. The SMILES string of the molecule is CCOC(=O)C[C@H](OC(=O)CCC(=O)O)C(=O)OC1=CC[C@@]2(O)[C@H]3Cc4ccc(O)c5c4[C@@]2(CCC3C)[C@H]1O5. The molecule has 1 heterocycles. The van der Waals surface area contributed by atoms with Crippen molar-refractivity contribution in [1.29, 1.82) is 0 Å². The topological polar surface area (TPSA) is 166 Å². The number of hydrogen-bond donors (Lipinski definition) is 3. The van der Waals surface area contributed by atoms with Crippen LogP contribution in [-0.2, 0) is 45.2 Å². The predicted molar refractivity (Wildman–Crippen MR) is 132 cm³/mol. The third kappa shape index (κ3) is 4.23. The van der Waals surface area contributed by atoms with E-state index in [-0.39, 0.29) is 42.1 Å². The number of aliphatic hydroxyl groups is 1. The minimum Gasteiger partial charge on any atom is -0.504 e. The fraction of sp³-hybridized carbons (Fsp3) is 0.571. The zero-order valence-electron chi connectivity index (χ0n) is 21.8. The van der Waals surface area contributed by atoms with Crippen molar-refractivity contribution >= 4 is 23.9 Å². The largest absolute Gasteiger partial charge is 0.504 e. The van der Waals surface area contributed by atoms with Crippen molar-refractivity contribution in [3.63, 3.8) is 0 Å². The van der Waals surface area contributed by atoms with Gasteiger partial charge in [-0.05, 0) is 62.1 Å². The van der Waals surface area contributed by atoms with Crippen molar-refractivity contribution in [3.05, 3.63) is 35.1 Å². The fourth-order valence-electron chi connectivity index (χ4n) is 6.97. The maximum Gasteiger partial charge on any atom is 0.353 e. The van der Waals surface area contributed by atoms with Gasteiger partial charge in [0, 0.05) is 5.56 Å². The monoisotopic (exact) mass is 544 g/mol. The maximum absolute atomic E-state index is 13.3. The number of carbonyl (C=O) groups is 4. The summed E-state index contributed by atoms with van der Waals surface area (Å²) in [5.74, 6) is -3.60. The summed E-state index contributed by atoms with van der Waals surface area (Å²) in [5.41, 5.74) is -0.426. The highest BCUT2D eigenvalue weighted by molar-refractivity contribution is 5.86. The molecule has 5 rings (SSSR count). The summed E-state index contributed by atoms with van der Waals surface area (Å²) >= 11 is 0. The van der Waals surface area contributed by atoms with Crippen LogP contribution in [0.15, 0.2) is 24.0 Å². The Morgan fingerprint density at radius 1 is 1.18 bits per heavy atom. The van der Waals surface area contributed by atoms with Crippen LogP contribution in [0.25, 0.3) is 0 Å². The van der Waals surface area contributed by atoms with Crippen LogP contribution in [0.4, 0.5) is 0 Å². The van der Waals surface area contributed by atoms with Gasteiger partial charge in [-0.2, -0.15) is 0 Å². The van der Waals surface area contributed by atoms with Gasteiger partial charge in [-0.25, -0.2) is 4.79 Å². The number of ether oxygens (including phenoxy) is 4. The van der Waals surface area contributed by atoms with Crippen LogP contribution in [0, 0.1) is 11.8 Å². The number of aromatic hydroxyl groups is 1. The molecule has 0 radical (unpaired) electrons. The second-order valence-electron chi connectivity index (χ2n) is 10.8. The van der Waals surface area contributed by atoms with Crippen LogP contribution in [-0.4, -0.2) is 63.6 Å². The molecule has 1 saturated carbocycles. The molecule has 4 aliphatic rings. The van der Waals surface area contributed by atoms with Crippen molar-refractivity contribution in [3.8, 4) is 11.5 Å². The zero-order chi connectivity index (χ0) is 28.1. The maximum atomic E-state index is 13.3. The molecule has 0 aromatic heterocycles. The first-order chi connectivity index (χ1) is 18.5. The molecule has 3 aliphatic carbocycles. The van der Waals surface area contributed by atoms with E-state index in [1.54, 1.807) is 19.1 Å².